The number of fused-ring (bicyclic) bond motifs is 1. The van der Waals surface area contributed by atoms with Crippen LogP contribution in [0.3, 0.4) is 0 Å². The molecule has 21 heavy (non-hydrogen) atoms. The van der Waals surface area contributed by atoms with Crippen LogP contribution >= 0.6 is 0 Å². The summed E-state index contributed by atoms with van der Waals surface area (Å²) in [6, 6.07) is 7.49. The second kappa shape index (κ2) is 6.05. The van der Waals surface area contributed by atoms with Crippen molar-refractivity contribution in [3.05, 3.63) is 40.6 Å². The number of pyridine rings is 1. The highest BCUT2D eigenvalue weighted by atomic mass is 16.6. The summed E-state index contributed by atoms with van der Waals surface area (Å²) in [5.41, 5.74) is 1.39. The summed E-state index contributed by atoms with van der Waals surface area (Å²) >= 11 is 0. The molecule has 110 valence electrons. The van der Waals surface area contributed by atoms with Gasteiger partial charge in [-0.05, 0) is 37.9 Å². The van der Waals surface area contributed by atoms with Gasteiger partial charge in [0.1, 0.15) is 11.9 Å². The molecule has 1 aromatic heterocycles. The average molecular weight is 286 g/mol. The molecule has 1 aromatic carbocycles. The molecular weight excluding hydrogens is 268 g/mol. The molecule has 2 N–H and O–H groups in total. The Kier molecular flexibility index (Phi) is 3.96. The highest BCUT2D eigenvalue weighted by molar-refractivity contribution is 5.95. The number of hydrogen-bond donors (Lipinski definition) is 2. The van der Waals surface area contributed by atoms with Gasteiger partial charge >= 0.3 is 5.69 Å². The lowest BCUT2D eigenvalue weighted by Gasteiger charge is -2.12. The zero-order chi connectivity index (χ0) is 14.7. The van der Waals surface area contributed by atoms with Crippen LogP contribution in [0.4, 0.5) is 11.4 Å². The van der Waals surface area contributed by atoms with Crippen molar-refractivity contribution in [2.24, 2.45) is 5.92 Å². The molecule has 0 spiro atoms. The van der Waals surface area contributed by atoms with Crippen molar-refractivity contribution in [1.82, 2.24) is 10.3 Å². The molecule has 0 radical (unpaired) electrons. The van der Waals surface area contributed by atoms with Crippen LogP contribution < -0.4 is 10.6 Å². The molecule has 0 saturated carbocycles. The standard InChI is InChI=1S/C15H18N4O2/c20-19(21)14-10-18-13-4-2-1-3-12(13)15(14)17-8-6-11-5-7-16-9-11/h1-4,10-11,16H,5-9H2,(H,17,18). The summed E-state index contributed by atoms with van der Waals surface area (Å²) in [4.78, 5) is 15.0. The highest BCUT2D eigenvalue weighted by Crippen LogP contribution is 2.31. The third kappa shape index (κ3) is 2.95. The first-order chi connectivity index (χ1) is 10.3. The molecule has 3 rings (SSSR count). The number of nitrogens with one attached hydrogen (secondary N) is 2. The van der Waals surface area contributed by atoms with Crippen LogP contribution in [0.1, 0.15) is 12.8 Å². The molecule has 1 atom stereocenters. The molecule has 6 nitrogen and oxygen atoms in total. The Hall–Kier alpha value is -2.21. The van der Waals surface area contributed by atoms with Crippen molar-refractivity contribution in [2.45, 2.75) is 12.8 Å². The maximum atomic E-state index is 11.2. The molecule has 1 aliphatic heterocycles. The molecule has 1 saturated heterocycles. The van der Waals surface area contributed by atoms with E-state index in [4.69, 9.17) is 0 Å². The van der Waals surface area contributed by atoms with Crippen LogP contribution in [0.25, 0.3) is 10.9 Å². The quantitative estimate of drug-likeness (QED) is 0.652. The van der Waals surface area contributed by atoms with E-state index in [1.54, 1.807) is 0 Å². The second-order valence-corrected chi connectivity index (χ2v) is 5.37. The number of nitrogens with zero attached hydrogens (tertiary/aromatic N) is 2. The Morgan fingerprint density at radius 1 is 1.43 bits per heavy atom. The second-order valence-electron chi connectivity index (χ2n) is 5.37. The maximum Gasteiger partial charge on any atom is 0.311 e. The molecule has 1 fully saturated rings. The lowest BCUT2D eigenvalue weighted by Crippen LogP contribution is -2.13. The Morgan fingerprint density at radius 3 is 3.05 bits per heavy atom. The number of hydrogen-bond acceptors (Lipinski definition) is 5. The van der Waals surface area contributed by atoms with Crippen LogP contribution in [0, 0.1) is 16.0 Å². The van der Waals surface area contributed by atoms with Gasteiger partial charge in [0.05, 0.1) is 10.4 Å². The summed E-state index contributed by atoms with van der Waals surface area (Å²) in [6.07, 6.45) is 3.53. The van der Waals surface area contributed by atoms with E-state index >= 15 is 0 Å². The van der Waals surface area contributed by atoms with E-state index in [-0.39, 0.29) is 10.6 Å². The van der Waals surface area contributed by atoms with Gasteiger partial charge in [-0.1, -0.05) is 18.2 Å². The van der Waals surface area contributed by atoms with Gasteiger partial charge in [0.25, 0.3) is 0 Å². The minimum Gasteiger partial charge on any atom is -0.379 e. The number of nitro groups is 1. The van der Waals surface area contributed by atoms with Crippen LogP contribution in [0.15, 0.2) is 30.5 Å². The lowest BCUT2D eigenvalue weighted by molar-refractivity contribution is -0.384. The molecule has 1 aliphatic rings. The van der Waals surface area contributed by atoms with Gasteiger partial charge in [-0.25, -0.2) is 4.98 Å². The van der Waals surface area contributed by atoms with E-state index in [1.807, 2.05) is 24.3 Å². The summed E-state index contributed by atoms with van der Waals surface area (Å²) in [7, 11) is 0. The lowest BCUT2D eigenvalue weighted by atomic mass is 10.1. The molecule has 0 bridgehead atoms. The number of benzene rings is 1. The maximum absolute atomic E-state index is 11.2. The van der Waals surface area contributed by atoms with Crippen molar-refractivity contribution in [1.29, 1.82) is 0 Å². The Balaban J connectivity index is 1.83. The minimum absolute atomic E-state index is 0.0400. The summed E-state index contributed by atoms with van der Waals surface area (Å²) < 4.78 is 0. The Bertz CT molecular complexity index is 653. The van der Waals surface area contributed by atoms with Gasteiger partial charge in [-0.15, -0.1) is 0 Å². The summed E-state index contributed by atoms with van der Waals surface area (Å²) in [6.45, 7) is 2.85. The van der Waals surface area contributed by atoms with E-state index in [2.05, 4.69) is 15.6 Å². The van der Waals surface area contributed by atoms with Crippen LogP contribution in [-0.4, -0.2) is 29.5 Å². The molecule has 0 aliphatic carbocycles. The number of rotatable bonds is 5. The molecule has 2 aromatic rings. The normalized spacial score (nSPS) is 18.0. The van der Waals surface area contributed by atoms with E-state index in [0.717, 1.165) is 37.0 Å². The predicted molar refractivity (Wildman–Crippen MR) is 82.5 cm³/mol. The third-order valence-electron chi connectivity index (χ3n) is 3.97. The molecule has 0 amide bonds. The zero-order valence-corrected chi connectivity index (χ0v) is 11.7. The van der Waals surface area contributed by atoms with Gasteiger partial charge in [0.2, 0.25) is 0 Å². The first kappa shape index (κ1) is 13.8. The topological polar surface area (TPSA) is 80.1 Å². The van der Waals surface area contributed by atoms with Crippen molar-refractivity contribution < 1.29 is 4.92 Å². The van der Waals surface area contributed by atoms with Gasteiger partial charge in [0, 0.05) is 11.9 Å². The minimum atomic E-state index is -0.376. The number of anilines is 1. The van der Waals surface area contributed by atoms with Crippen LogP contribution in [0.5, 0.6) is 0 Å². The van der Waals surface area contributed by atoms with Crippen LogP contribution in [-0.2, 0) is 0 Å². The predicted octanol–water partition coefficient (Wildman–Crippen LogP) is 2.55. The van der Waals surface area contributed by atoms with Gasteiger partial charge in [-0.2, -0.15) is 0 Å². The summed E-state index contributed by atoms with van der Waals surface area (Å²) in [5.74, 6) is 0.657. The molecule has 6 heteroatoms. The van der Waals surface area contributed by atoms with Crippen molar-refractivity contribution in [3.63, 3.8) is 0 Å². The van der Waals surface area contributed by atoms with E-state index in [0.29, 0.717) is 11.6 Å². The fourth-order valence-electron chi connectivity index (χ4n) is 2.82. The van der Waals surface area contributed by atoms with E-state index in [1.165, 1.54) is 12.6 Å². The van der Waals surface area contributed by atoms with Crippen molar-refractivity contribution >= 4 is 22.3 Å². The summed E-state index contributed by atoms with van der Waals surface area (Å²) in [5, 5.41) is 18.6. The Morgan fingerprint density at radius 2 is 2.29 bits per heavy atom. The Labute approximate surface area is 122 Å². The SMILES string of the molecule is O=[N+]([O-])c1cnc2ccccc2c1NCCC1CCNC1. The van der Waals surface area contributed by atoms with Crippen molar-refractivity contribution in [2.75, 3.05) is 25.0 Å². The molecule has 1 unspecified atom stereocenters. The largest absolute Gasteiger partial charge is 0.379 e. The van der Waals surface area contributed by atoms with Gasteiger partial charge < -0.3 is 10.6 Å². The highest BCUT2D eigenvalue weighted by Gasteiger charge is 2.19. The van der Waals surface area contributed by atoms with Crippen LogP contribution in [0.2, 0.25) is 0 Å². The number of para-hydroxylation sites is 1. The van der Waals surface area contributed by atoms with E-state index in [9.17, 15) is 10.1 Å². The monoisotopic (exact) mass is 286 g/mol. The van der Waals surface area contributed by atoms with E-state index < -0.39 is 0 Å². The third-order valence-corrected chi connectivity index (χ3v) is 3.97. The smallest absolute Gasteiger partial charge is 0.311 e. The fraction of sp³-hybridized carbons (Fsp3) is 0.400. The number of aromatic nitrogens is 1. The zero-order valence-electron chi connectivity index (χ0n) is 11.7. The average Bonchev–Trinajstić information content (AvgIpc) is 3.00. The first-order valence-electron chi connectivity index (χ1n) is 7.22. The fourth-order valence-corrected chi connectivity index (χ4v) is 2.82. The first-order valence-corrected chi connectivity index (χ1v) is 7.22. The van der Waals surface area contributed by atoms with Crippen molar-refractivity contribution in [3.8, 4) is 0 Å². The van der Waals surface area contributed by atoms with Gasteiger partial charge in [-0.3, -0.25) is 10.1 Å². The molecule has 2 heterocycles. The molecular formula is C15H18N4O2. The van der Waals surface area contributed by atoms with Gasteiger partial charge in [0.15, 0.2) is 0 Å².